The summed E-state index contributed by atoms with van der Waals surface area (Å²) in [4.78, 5) is 43.4. The van der Waals surface area contributed by atoms with Crippen molar-refractivity contribution in [2.75, 3.05) is 12.0 Å². The van der Waals surface area contributed by atoms with Gasteiger partial charge in [-0.3, -0.25) is 14.4 Å². The molecule has 198 valence electrons. The summed E-state index contributed by atoms with van der Waals surface area (Å²) in [6.07, 6.45) is 2.01. The van der Waals surface area contributed by atoms with Crippen LogP contribution in [0.4, 0.5) is 5.69 Å². The Kier molecular flexibility index (Phi) is 5.42. The predicted octanol–water partition coefficient (Wildman–Crippen LogP) is 5.99. The molecule has 6 nitrogen and oxygen atoms in total. The number of fused-ring (bicyclic) bond motifs is 7. The van der Waals surface area contributed by atoms with E-state index in [4.69, 9.17) is 9.47 Å². The normalized spacial score (nSPS) is 23.3. The Bertz CT molecular complexity index is 1770. The summed E-state index contributed by atoms with van der Waals surface area (Å²) in [5, 5.41) is 1.79. The van der Waals surface area contributed by atoms with Crippen LogP contribution in [-0.2, 0) is 14.4 Å². The average molecular weight is 530 g/mol. The van der Waals surface area contributed by atoms with Crippen molar-refractivity contribution < 1.29 is 23.9 Å². The fraction of sp³-hybridized carbons (Fsp3) is 0.206. The summed E-state index contributed by atoms with van der Waals surface area (Å²) >= 11 is 0. The minimum absolute atomic E-state index is 0.300. The Hall–Kier alpha value is -4.71. The molecule has 2 heterocycles. The second-order valence-corrected chi connectivity index (χ2v) is 10.8. The maximum absolute atomic E-state index is 14.2. The molecule has 2 aliphatic heterocycles. The first-order valence-electron chi connectivity index (χ1n) is 13.4. The summed E-state index contributed by atoms with van der Waals surface area (Å²) in [7, 11) is 1.60. The Labute approximate surface area is 231 Å². The molecule has 2 amide bonds. The van der Waals surface area contributed by atoms with Gasteiger partial charge >= 0.3 is 5.97 Å². The zero-order chi connectivity index (χ0) is 27.7. The van der Waals surface area contributed by atoms with Crippen LogP contribution in [0.3, 0.4) is 0 Å². The summed E-state index contributed by atoms with van der Waals surface area (Å²) < 4.78 is 11.3. The van der Waals surface area contributed by atoms with Gasteiger partial charge in [-0.2, -0.15) is 0 Å². The number of nitrogens with zero attached hydrogens (tertiary/aromatic N) is 1. The van der Waals surface area contributed by atoms with Crippen molar-refractivity contribution in [1.82, 2.24) is 0 Å². The van der Waals surface area contributed by atoms with Crippen LogP contribution in [0, 0.1) is 31.6 Å². The van der Waals surface area contributed by atoms with Crippen LogP contribution in [0.15, 0.2) is 84.9 Å². The third-order valence-electron chi connectivity index (χ3n) is 8.73. The van der Waals surface area contributed by atoms with Crippen molar-refractivity contribution in [3.05, 3.63) is 107 Å². The Morgan fingerprint density at radius 3 is 2.30 bits per heavy atom. The highest BCUT2D eigenvalue weighted by Crippen LogP contribution is 2.55. The Morgan fingerprint density at radius 2 is 1.55 bits per heavy atom. The molecular formula is C34H27NO5. The van der Waals surface area contributed by atoms with Crippen LogP contribution in [0.25, 0.3) is 16.3 Å². The van der Waals surface area contributed by atoms with Gasteiger partial charge in [-0.05, 0) is 65.8 Å². The molecule has 6 heteroatoms. The number of allylic oxidation sites excluding steroid dienone is 1. The number of carbonyl (C=O) groups excluding carboxylic acids is 3. The Balaban J connectivity index is 1.43. The zero-order valence-electron chi connectivity index (χ0n) is 22.4. The maximum Gasteiger partial charge on any atom is 0.319 e. The molecule has 1 saturated heterocycles. The second kappa shape index (κ2) is 8.91. The molecule has 0 N–H and O–H groups in total. The number of methoxy groups -OCH3 is 1. The van der Waals surface area contributed by atoms with Crippen molar-refractivity contribution in [2.24, 2.45) is 17.8 Å². The number of hydrogen-bond donors (Lipinski definition) is 0. The average Bonchev–Trinajstić information content (AvgIpc) is 3.24. The summed E-state index contributed by atoms with van der Waals surface area (Å²) in [6.45, 7) is 3.94. The van der Waals surface area contributed by atoms with E-state index in [0.717, 1.165) is 38.6 Å². The minimum atomic E-state index is -0.881. The minimum Gasteiger partial charge on any atom is -0.497 e. The standard InChI is InChI=1S/C34H27NO5/c1-18-8-12-22(16-19(18)2)35-32(36)28-26(21-9-13-23(39-3)14-10-21)17-27-25-15-11-20-6-4-5-7-24(20)31(25)40-34(38)29(27)30(28)33(35)37/h4-17,26,28-30H,1-3H3/t26-,28+,29-,30+/m0/s1. The van der Waals surface area contributed by atoms with Crippen molar-refractivity contribution in [3.8, 4) is 11.5 Å². The van der Waals surface area contributed by atoms with Crippen LogP contribution < -0.4 is 14.4 Å². The molecule has 0 radical (unpaired) electrons. The highest BCUT2D eigenvalue weighted by molar-refractivity contribution is 6.24. The fourth-order valence-corrected chi connectivity index (χ4v) is 6.56. The molecule has 0 aromatic heterocycles. The van der Waals surface area contributed by atoms with Crippen LogP contribution >= 0.6 is 0 Å². The summed E-state index contributed by atoms with van der Waals surface area (Å²) in [5.41, 5.74) is 4.98. The molecule has 4 aromatic rings. The van der Waals surface area contributed by atoms with E-state index in [1.165, 1.54) is 4.90 Å². The lowest BCUT2D eigenvalue weighted by Crippen LogP contribution is -2.42. The molecule has 1 fully saturated rings. The molecule has 4 atom stereocenters. The molecule has 0 bridgehead atoms. The van der Waals surface area contributed by atoms with Crippen LogP contribution in [0.1, 0.15) is 28.2 Å². The number of esters is 1. The molecule has 3 aliphatic rings. The van der Waals surface area contributed by atoms with Gasteiger partial charge in [-0.15, -0.1) is 0 Å². The first-order chi connectivity index (χ1) is 19.4. The third-order valence-corrected chi connectivity index (χ3v) is 8.73. The van der Waals surface area contributed by atoms with Gasteiger partial charge in [0, 0.05) is 16.9 Å². The summed E-state index contributed by atoms with van der Waals surface area (Å²) in [5.74, 6) is -2.88. The van der Waals surface area contributed by atoms with Gasteiger partial charge in [-0.1, -0.05) is 60.7 Å². The number of ether oxygens (including phenoxy) is 2. The molecular weight excluding hydrogens is 502 g/mol. The van der Waals surface area contributed by atoms with E-state index in [9.17, 15) is 14.4 Å². The number of imide groups is 1. The lowest BCUT2D eigenvalue weighted by molar-refractivity contribution is -0.142. The number of benzene rings is 4. The summed E-state index contributed by atoms with van der Waals surface area (Å²) in [6, 6.07) is 24.9. The third kappa shape index (κ3) is 3.45. The highest BCUT2D eigenvalue weighted by Gasteiger charge is 2.60. The van der Waals surface area contributed by atoms with Crippen LogP contribution in [-0.4, -0.2) is 24.9 Å². The number of aryl methyl sites for hydroxylation is 2. The van der Waals surface area contributed by atoms with Gasteiger partial charge in [-0.25, -0.2) is 4.90 Å². The fourth-order valence-electron chi connectivity index (χ4n) is 6.56. The molecule has 40 heavy (non-hydrogen) atoms. The maximum atomic E-state index is 14.2. The first kappa shape index (κ1) is 24.3. The van der Waals surface area contributed by atoms with Gasteiger partial charge in [0.05, 0.1) is 30.6 Å². The lowest BCUT2D eigenvalue weighted by atomic mass is 9.64. The van der Waals surface area contributed by atoms with Crippen molar-refractivity contribution >= 4 is 39.8 Å². The lowest BCUT2D eigenvalue weighted by Gasteiger charge is -2.38. The molecule has 0 spiro atoms. The molecule has 7 rings (SSSR count). The highest BCUT2D eigenvalue weighted by atomic mass is 16.5. The number of rotatable bonds is 3. The van der Waals surface area contributed by atoms with Gasteiger partial charge in [0.15, 0.2) is 0 Å². The number of hydrogen-bond acceptors (Lipinski definition) is 5. The molecule has 0 saturated carbocycles. The van der Waals surface area contributed by atoms with E-state index in [-0.39, 0.29) is 11.8 Å². The van der Waals surface area contributed by atoms with E-state index in [2.05, 4.69) is 0 Å². The number of carbonyl (C=O) groups is 3. The van der Waals surface area contributed by atoms with Gasteiger partial charge < -0.3 is 9.47 Å². The Morgan fingerprint density at radius 1 is 0.800 bits per heavy atom. The van der Waals surface area contributed by atoms with E-state index in [0.29, 0.717) is 17.2 Å². The van der Waals surface area contributed by atoms with Gasteiger partial charge in [0.25, 0.3) is 0 Å². The van der Waals surface area contributed by atoms with Gasteiger partial charge in [0.2, 0.25) is 11.8 Å². The van der Waals surface area contributed by atoms with E-state index in [1.54, 1.807) is 13.2 Å². The second-order valence-electron chi connectivity index (χ2n) is 10.8. The van der Waals surface area contributed by atoms with Crippen molar-refractivity contribution in [3.63, 3.8) is 0 Å². The molecule has 0 unspecified atom stereocenters. The number of amides is 2. The monoisotopic (exact) mass is 529 g/mol. The topological polar surface area (TPSA) is 72.9 Å². The quantitative estimate of drug-likeness (QED) is 0.185. The largest absolute Gasteiger partial charge is 0.497 e. The molecule has 1 aliphatic carbocycles. The van der Waals surface area contributed by atoms with E-state index < -0.39 is 29.6 Å². The van der Waals surface area contributed by atoms with Crippen LogP contribution in [0.5, 0.6) is 11.5 Å². The number of anilines is 1. The SMILES string of the molecule is COc1ccc([C@@H]2C=C3c4ccc5ccccc5c4OC(=O)[C@@H]3[C@@H]3C(=O)N(c4ccc(C)c(C)c4)C(=O)[C@@H]32)cc1. The zero-order valence-corrected chi connectivity index (χ0v) is 22.4. The molecule has 4 aromatic carbocycles. The predicted molar refractivity (Wildman–Crippen MR) is 152 cm³/mol. The van der Waals surface area contributed by atoms with Crippen LogP contribution in [0.2, 0.25) is 0 Å². The van der Waals surface area contributed by atoms with E-state index >= 15 is 0 Å². The van der Waals surface area contributed by atoms with E-state index in [1.807, 2.05) is 92.7 Å². The van der Waals surface area contributed by atoms with Crippen molar-refractivity contribution in [2.45, 2.75) is 19.8 Å². The first-order valence-corrected chi connectivity index (χ1v) is 13.4. The van der Waals surface area contributed by atoms with Crippen molar-refractivity contribution in [1.29, 1.82) is 0 Å². The van der Waals surface area contributed by atoms with Gasteiger partial charge in [0.1, 0.15) is 11.5 Å². The smallest absolute Gasteiger partial charge is 0.319 e.